The maximum Gasteiger partial charge on any atom is 0.142 e. The van der Waals surface area contributed by atoms with Gasteiger partial charge in [-0.2, -0.15) is 0 Å². The van der Waals surface area contributed by atoms with Crippen molar-refractivity contribution in [3.63, 3.8) is 0 Å². The lowest BCUT2D eigenvalue weighted by Crippen LogP contribution is -2.35. The summed E-state index contributed by atoms with van der Waals surface area (Å²) in [6, 6.07) is 16.7. The number of fused-ring (bicyclic) bond motifs is 1. The maximum atomic E-state index is 5.93. The van der Waals surface area contributed by atoms with Gasteiger partial charge in [-0.15, -0.1) is 0 Å². The average molecular weight is 325 g/mol. The molecule has 0 fully saturated rings. The molecule has 1 heterocycles. The molecule has 0 spiro atoms. The minimum Gasteiger partial charge on any atom is -0.492 e. The number of hydrogen-bond donors (Lipinski definition) is 0. The van der Waals surface area contributed by atoms with Crippen molar-refractivity contribution in [1.29, 1.82) is 0 Å². The number of anilines is 1. The van der Waals surface area contributed by atoms with E-state index >= 15 is 0 Å². The molecule has 0 aromatic heterocycles. The molecule has 2 aromatic rings. The molecule has 1 aliphatic rings. The third-order valence-electron chi connectivity index (χ3n) is 4.11. The highest BCUT2D eigenvalue weighted by Crippen LogP contribution is 2.30. The van der Waals surface area contributed by atoms with Crippen molar-refractivity contribution >= 4 is 5.69 Å². The summed E-state index contributed by atoms with van der Waals surface area (Å²) in [7, 11) is 0. The molecule has 0 unspecified atom stereocenters. The largest absolute Gasteiger partial charge is 0.492 e. The fraction of sp³-hybridized carbons (Fsp3) is 0.429. The van der Waals surface area contributed by atoms with Gasteiger partial charge in [0.25, 0.3) is 0 Å². The Morgan fingerprint density at radius 2 is 1.79 bits per heavy atom. The van der Waals surface area contributed by atoms with Crippen LogP contribution in [-0.4, -0.2) is 26.3 Å². The third kappa shape index (κ3) is 4.44. The summed E-state index contributed by atoms with van der Waals surface area (Å²) < 4.78 is 11.6. The third-order valence-corrected chi connectivity index (χ3v) is 4.11. The van der Waals surface area contributed by atoms with Gasteiger partial charge in [0.15, 0.2) is 0 Å². The van der Waals surface area contributed by atoms with Crippen LogP contribution in [0.15, 0.2) is 48.5 Å². The predicted molar refractivity (Wildman–Crippen MR) is 99.2 cm³/mol. The van der Waals surface area contributed by atoms with Crippen molar-refractivity contribution in [3.05, 3.63) is 54.1 Å². The van der Waals surface area contributed by atoms with Gasteiger partial charge < -0.3 is 14.4 Å². The normalized spacial score (nSPS) is 14.0. The Kier molecular flexibility index (Phi) is 4.98. The maximum absolute atomic E-state index is 5.93. The molecular weight excluding hydrogens is 298 g/mol. The van der Waals surface area contributed by atoms with E-state index in [0.29, 0.717) is 12.0 Å². The zero-order chi connectivity index (χ0) is 17.0. The SMILES string of the molecule is CC(C)(C)Cc1ccc(OCCN2CCOc3ccccc32)cc1. The molecule has 0 radical (unpaired) electrons. The number of para-hydroxylation sites is 2. The Labute approximate surface area is 145 Å². The van der Waals surface area contributed by atoms with E-state index in [4.69, 9.17) is 9.47 Å². The van der Waals surface area contributed by atoms with Gasteiger partial charge >= 0.3 is 0 Å². The molecule has 0 N–H and O–H groups in total. The molecule has 128 valence electrons. The van der Waals surface area contributed by atoms with E-state index < -0.39 is 0 Å². The van der Waals surface area contributed by atoms with E-state index in [1.54, 1.807) is 0 Å². The molecule has 2 aromatic carbocycles. The summed E-state index contributed by atoms with van der Waals surface area (Å²) in [6.45, 7) is 9.97. The lowest BCUT2D eigenvalue weighted by atomic mass is 9.88. The van der Waals surface area contributed by atoms with Crippen LogP contribution < -0.4 is 14.4 Å². The number of nitrogens with zero attached hydrogens (tertiary/aromatic N) is 1. The molecule has 0 atom stereocenters. The minimum atomic E-state index is 0.312. The monoisotopic (exact) mass is 325 g/mol. The van der Waals surface area contributed by atoms with E-state index in [1.165, 1.54) is 5.56 Å². The van der Waals surface area contributed by atoms with Crippen molar-refractivity contribution in [2.24, 2.45) is 5.41 Å². The summed E-state index contributed by atoms with van der Waals surface area (Å²) in [5.41, 5.74) is 2.83. The number of rotatable bonds is 5. The standard InChI is InChI=1S/C21H27NO2/c1-21(2,3)16-17-8-10-18(11-9-17)23-14-12-22-13-15-24-20-7-5-4-6-19(20)22/h4-11H,12-16H2,1-3H3. The quantitative estimate of drug-likeness (QED) is 0.805. The van der Waals surface area contributed by atoms with Crippen molar-refractivity contribution < 1.29 is 9.47 Å². The zero-order valence-electron chi connectivity index (χ0n) is 14.9. The van der Waals surface area contributed by atoms with Crippen LogP contribution in [0.4, 0.5) is 5.69 Å². The second-order valence-electron chi connectivity index (χ2n) is 7.53. The van der Waals surface area contributed by atoms with Gasteiger partial charge in [-0.1, -0.05) is 45.0 Å². The van der Waals surface area contributed by atoms with Crippen LogP contribution in [0.1, 0.15) is 26.3 Å². The van der Waals surface area contributed by atoms with Crippen molar-refractivity contribution in [2.45, 2.75) is 27.2 Å². The summed E-state index contributed by atoms with van der Waals surface area (Å²) in [6.07, 6.45) is 1.08. The van der Waals surface area contributed by atoms with Crippen molar-refractivity contribution in [3.8, 4) is 11.5 Å². The lowest BCUT2D eigenvalue weighted by molar-refractivity contribution is 0.288. The van der Waals surface area contributed by atoms with Crippen LogP contribution in [0.3, 0.4) is 0 Å². The lowest BCUT2D eigenvalue weighted by Gasteiger charge is -2.31. The van der Waals surface area contributed by atoms with Gasteiger partial charge in [-0.25, -0.2) is 0 Å². The van der Waals surface area contributed by atoms with E-state index in [-0.39, 0.29) is 0 Å². The van der Waals surface area contributed by atoms with E-state index in [0.717, 1.165) is 43.3 Å². The first kappa shape index (κ1) is 16.7. The van der Waals surface area contributed by atoms with Crippen molar-refractivity contribution in [1.82, 2.24) is 0 Å². The molecule has 1 aliphatic heterocycles. The van der Waals surface area contributed by atoms with Gasteiger partial charge in [-0.3, -0.25) is 0 Å². The van der Waals surface area contributed by atoms with Crippen molar-refractivity contribution in [2.75, 3.05) is 31.2 Å². The topological polar surface area (TPSA) is 21.7 Å². The Bertz CT molecular complexity index is 658. The molecule has 3 rings (SSSR count). The van der Waals surface area contributed by atoms with Gasteiger partial charge in [0.05, 0.1) is 18.8 Å². The Hall–Kier alpha value is -2.16. The van der Waals surface area contributed by atoms with Gasteiger partial charge in [0.2, 0.25) is 0 Å². The number of ether oxygens (including phenoxy) is 2. The van der Waals surface area contributed by atoms with Crippen LogP contribution >= 0.6 is 0 Å². The van der Waals surface area contributed by atoms with Gasteiger partial charge in [0, 0.05) is 0 Å². The second-order valence-corrected chi connectivity index (χ2v) is 7.53. The van der Waals surface area contributed by atoms with Crippen LogP contribution in [0, 0.1) is 5.41 Å². The summed E-state index contributed by atoms with van der Waals surface area (Å²) in [4.78, 5) is 2.33. The van der Waals surface area contributed by atoms with Crippen LogP contribution in [0.25, 0.3) is 0 Å². The first-order valence-corrected chi connectivity index (χ1v) is 8.70. The molecule has 3 heteroatoms. The van der Waals surface area contributed by atoms with Gasteiger partial charge in [-0.05, 0) is 41.7 Å². The van der Waals surface area contributed by atoms with Crippen LogP contribution in [0.2, 0.25) is 0 Å². The summed E-state index contributed by atoms with van der Waals surface area (Å²) >= 11 is 0. The van der Waals surface area contributed by atoms with Crippen LogP contribution in [0.5, 0.6) is 11.5 Å². The highest BCUT2D eigenvalue weighted by atomic mass is 16.5. The van der Waals surface area contributed by atoms with E-state index in [2.05, 4.69) is 62.1 Å². The Morgan fingerprint density at radius 1 is 1.04 bits per heavy atom. The molecule has 24 heavy (non-hydrogen) atoms. The van der Waals surface area contributed by atoms with Gasteiger partial charge in [0.1, 0.15) is 24.7 Å². The first-order valence-electron chi connectivity index (χ1n) is 8.70. The Morgan fingerprint density at radius 3 is 2.54 bits per heavy atom. The minimum absolute atomic E-state index is 0.312. The fourth-order valence-electron chi connectivity index (χ4n) is 3.05. The highest BCUT2D eigenvalue weighted by molar-refractivity contribution is 5.59. The summed E-state index contributed by atoms with van der Waals surface area (Å²) in [5, 5.41) is 0. The first-order chi connectivity index (χ1) is 11.5. The molecule has 0 bridgehead atoms. The number of hydrogen-bond acceptors (Lipinski definition) is 3. The zero-order valence-corrected chi connectivity index (χ0v) is 14.9. The Balaban J connectivity index is 1.52. The van der Waals surface area contributed by atoms with E-state index in [9.17, 15) is 0 Å². The van der Waals surface area contributed by atoms with E-state index in [1.807, 2.05) is 12.1 Å². The molecule has 0 saturated heterocycles. The smallest absolute Gasteiger partial charge is 0.142 e. The molecular formula is C21H27NO2. The molecule has 0 aliphatic carbocycles. The average Bonchev–Trinajstić information content (AvgIpc) is 2.55. The fourth-order valence-corrected chi connectivity index (χ4v) is 3.05. The molecule has 3 nitrogen and oxygen atoms in total. The number of benzene rings is 2. The molecule has 0 amide bonds. The van der Waals surface area contributed by atoms with Crippen LogP contribution in [-0.2, 0) is 6.42 Å². The highest BCUT2D eigenvalue weighted by Gasteiger charge is 2.17. The predicted octanol–water partition coefficient (Wildman–Crippen LogP) is 4.55. The summed E-state index contributed by atoms with van der Waals surface area (Å²) in [5.74, 6) is 1.91. The molecule has 0 saturated carbocycles. The second kappa shape index (κ2) is 7.16.